The van der Waals surface area contributed by atoms with Crippen molar-refractivity contribution in [1.82, 2.24) is 14.5 Å². The maximum atomic E-state index is 12.5. The topological polar surface area (TPSA) is 58.1 Å². The Morgan fingerprint density at radius 3 is 2.91 bits per heavy atom. The molecular weight excluding hydrogens is 310 g/mol. The van der Waals surface area contributed by atoms with Crippen LogP contribution in [0.3, 0.4) is 0 Å². The first-order chi connectivity index (χ1) is 11.0. The number of aromatic nitrogens is 2. The summed E-state index contributed by atoms with van der Waals surface area (Å²) >= 11 is 5.22. The molecule has 0 unspecified atom stereocenters. The number of hydrogen-bond acceptors (Lipinski definition) is 3. The van der Waals surface area contributed by atoms with E-state index in [1.165, 1.54) is 17.4 Å². The lowest BCUT2D eigenvalue weighted by molar-refractivity contribution is 0.0789. The largest absolute Gasteiger partial charge is 0.341 e. The van der Waals surface area contributed by atoms with Crippen molar-refractivity contribution in [2.24, 2.45) is 5.92 Å². The molecule has 1 amide bonds. The minimum Gasteiger partial charge on any atom is -0.341 e. The van der Waals surface area contributed by atoms with Crippen LogP contribution in [0.1, 0.15) is 23.2 Å². The van der Waals surface area contributed by atoms with E-state index in [9.17, 15) is 9.59 Å². The molecule has 1 aliphatic rings. The van der Waals surface area contributed by atoms with Crippen LogP contribution in [0.2, 0.25) is 0 Å². The van der Waals surface area contributed by atoms with E-state index < -0.39 is 0 Å². The van der Waals surface area contributed by atoms with Crippen LogP contribution in [0.4, 0.5) is 0 Å². The Hall–Kier alpha value is -2.21. The predicted octanol–water partition coefficient (Wildman–Crippen LogP) is 2.73. The molecule has 5 nitrogen and oxygen atoms in total. The van der Waals surface area contributed by atoms with Gasteiger partial charge >= 0.3 is 0 Å². The van der Waals surface area contributed by atoms with Crippen LogP contribution >= 0.6 is 12.2 Å². The minimum absolute atomic E-state index is 0.0339. The second-order valence-electron chi connectivity index (χ2n) is 6.02. The van der Waals surface area contributed by atoms with Gasteiger partial charge in [0.25, 0.3) is 11.5 Å². The number of rotatable bonds is 5. The SMILES string of the molecule is C=CCn1c(=S)[nH]c2cc(C(=O)N(C)CC3CC3)ccc2c1=O. The number of amides is 1. The van der Waals surface area contributed by atoms with Gasteiger partial charge in [0.1, 0.15) is 0 Å². The van der Waals surface area contributed by atoms with Crippen LogP contribution < -0.4 is 5.56 Å². The van der Waals surface area contributed by atoms with Crippen molar-refractivity contribution >= 4 is 29.0 Å². The molecule has 1 aromatic carbocycles. The van der Waals surface area contributed by atoms with Gasteiger partial charge in [-0.1, -0.05) is 6.08 Å². The Morgan fingerprint density at radius 2 is 2.26 bits per heavy atom. The Labute approximate surface area is 139 Å². The zero-order chi connectivity index (χ0) is 16.6. The van der Waals surface area contributed by atoms with E-state index in [4.69, 9.17) is 12.2 Å². The summed E-state index contributed by atoms with van der Waals surface area (Å²) in [6.07, 6.45) is 4.03. The van der Waals surface area contributed by atoms with Crippen molar-refractivity contribution < 1.29 is 4.79 Å². The maximum absolute atomic E-state index is 12.5. The second-order valence-corrected chi connectivity index (χ2v) is 6.41. The van der Waals surface area contributed by atoms with Crippen molar-refractivity contribution in [3.05, 3.63) is 51.5 Å². The lowest BCUT2D eigenvalue weighted by Gasteiger charge is -2.17. The molecule has 1 aliphatic carbocycles. The van der Waals surface area contributed by atoms with E-state index >= 15 is 0 Å². The van der Waals surface area contributed by atoms with Gasteiger partial charge in [-0.3, -0.25) is 14.2 Å². The summed E-state index contributed by atoms with van der Waals surface area (Å²) < 4.78 is 1.78. The van der Waals surface area contributed by atoms with Crippen LogP contribution in [0.25, 0.3) is 10.9 Å². The fraction of sp³-hybridized carbons (Fsp3) is 0.353. The first-order valence-electron chi connectivity index (χ1n) is 7.64. The molecule has 0 bridgehead atoms. The van der Waals surface area contributed by atoms with Crippen molar-refractivity contribution in [3.8, 4) is 0 Å². The first-order valence-corrected chi connectivity index (χ1v) is 8.05. The van der Waals surface area contributed by atoms with E-state index in [1.54, 1.807) is 29.2 Å². The number of H-pyrrole nitrogens is 1. The normalized spacial score (nSPS) is 14.0. The van der Waals surface area contributed by atoms with E-state index in [1.807, 2.05) is 7.05 Å². The third-order valence-electron chi connectivity index (χ3n) is 4.12. The Morgan fingerprint density at radius 1 is 1.52 bits per heavy atom. The van der Waals surface area contributed by atoms with E-state index in [2.05, 4.69) is 11.6 Å². The van der Waals surface area contributed by atoms with E-state index in [0.717, 1.165) is 6.54 Å². The van der Waals surface area contributed by atoms with Crippen molar-refractivity contribution in [2.75, 3.05) is 13.6 Å². The number of fused-ring (bicyclic) bond motifs is 1. The van der Waals surface area contributed by atoms with Gasteiger partial charge in [-0.05, 0) is 49.2 Å². The molecule has 23 heavy (non-hydrogen) atoms. The number of benzene rings is 1. The molecule has 1 saturated carbocycles. The molecule has 0 saturated heterocycles. The van der Waals surface area contributed by atoms with Crippen LogP contribution in [0.15, 0.2) is 35.6 Å². The summed E-state index contributed by atoms with van der Waals surface area (Å²) in [4.78, 5) is 29.7. The fourth-order valence-electron chi connectivity index (χ4n) is 2.67. The zero-order valence-corrected chi connectivity index (χ0v) is 13.9. The molecule has 0 spiro atoms. The van der Waals surface area contributed by atoms with Gasteiger partial charge in [-0.15, -0.1) is 6.58 Å². The average Bonchev–Trinajstić information content (AvgIpc) is 3.34. The minimum atomic E-state index is -0.172. The van der Waals surface area contributed by atoms with Gasteiger partial charge in [0.15, 0.2) is 4.77 Å². The maximum Gasteiger partial charge on any atom is 0.262 e. The molecule has 2 aromatic rings. The lowest BCUT2D eigenvalue weighted by Crippen LogP contribution is -2.29. The standard InChI is InChI=1S/C17H19N3O2S/c1-3-8-20-16(22)13-7-6-12(9-14(13)18-17(20)23)15(21)19(2)10-11-4-5-11/h3,6-7,9,11H,1,4-5,8,10H2,2H3,(H,18,23). The van der Waals surface area contributed by atoms with Crippen LogP contribution in [0.5, 0.6) is 0 Å². The Balaban J connectivity index is 2.00. The summed E-state index contributed by atoms with van der Waals surface area (Å²) in [5.74, 6) is 0.606. The zero-order valence-electron chi connectivity index (χ0n) is 13.0. The van der Waals surface area contributed by atoms with Gasteiger partial charge in [0, 0.05) is 25.7 Å². The van der Waals surface area contributed by atoms with Crippen LogP contribution in [0, 0.1) is 10.7 Å². The van der Waals surface area contributed by atoms with Gasteiger partial charge in [-0.2, -0.15) is 0 Å². The average molecular weight is 329 g/mol. The van der Waals surface area contributed by atoms with Crippen LogP contribution in [-0.2, 0) is 6.54 Å². The molecule has 120 valence electrons. The van der Waals surface area contributed by atoms with Crippen molar-refractivity contribution in [1.29, 1.82) is 0 Å². The Kier molecular flexibility index (Phi) is 4.17. The summed E-state index contributed by atoms with van der Waals surface area (Å²) in [6.45, 7) is 4.78. The number of carbonyl (C=O) groups is 1. The summed E-state index contributed by atoms with van der Waals surface area (Å²) in [5, 5.41) is 0.516. The van der Waals surface area contributed by atoms with Crippen molar-refractivity contribution in [3.63, 3.8) is 0 Å². The highest BCUT2D eigenvalue weighted by molar-refractivity contribution is 7.71. The third-order valence-corrected chi connectivity index (χ3v) is 4.44. The summed E-state index contributed by atoms with van der Waals surface area (Å²) in [5.41, 5.74) is 0.979. The number of nitrogens with one attached hydrogen (secondary N) is 1. The molecular formula is C17H19N3O2S. The summed E-state index contributed by atoms with van der Waals surface area (Å²) in [6, 6.07) is 5.09. The smallest absolute Gasteiger partial charge is 0.262 e. The Bertz CT molecular complexity index is 893. The molecule has 1 heterocycles. The first kappa shape index (κ1) is 15.7. The van der Waals surface area contributed by atoms with Gasteiger partial charge < -0.3 is 9.88 Å². The van der Waals surface area contributed by atoms with E-state index in [-0.39, 0.29) is 11.5 Å². The van der Waals surface area contributed by atoms with Gasteiger partial charge in [0.05, 0.1) is 10.9 Å². The monoisotopic (exact) mass is 329 g/mol. The highest BCUT2D eigenvalue weighted by Gasteiger charge is 2.25. The molecule has 3 rings (SSSR count). The summed E-state index contributed by atoms with van der Waals surface area (Å²) in [7, 11) is 1.81. The number of hydrogen-bond donors (Lipinski definition) is 1. The van der Waals surface area contributed by atoms with Gasteiger partial charge in [0.2, 0.25) is 0 Å². The predicted molar refractivity (Wildman–Crippen MR) is 93.3 cm³/mol. The van der Waals surface area contributed by atoms with Crippen LogP contribution in [-0.4, -0.2) is 34.0 Å². The second kappa shape index (κ2) is 6.12. The van der Waals surface area contributed by atoms with Crippen molar-refractivity contribution in [2.45, 2.75) is 19.4 Å². The lowest BCUT2D eigenvalue weighted by atomic mass is 10.1. The molecule has 0 atom stereocenters. The van der Waals surface area contributed by atoms with E-state index in [0.29, 0.717) is 33.7 Å². The molecule has 0 radical (unpaired) electrons. The number of carbonyl (C=O) groups excluding carboxylic acids is 1. The molecule has 1 aromatic heterocycles. The van der Waals surface area contributed by atoms with Gasteiger partial charge in [-0.25, -0.2) is 0 Å². The third kappa shape index (κ3) is 3.12. The molecule has 0 aliphatic heterocycles. The number of allylic oxidation sites excluding steroid dienone is 1. The molecule has 1 fully saturated rings. The number of aromatic amines is 1. The molecule has 6 heteroatoms. The fourth-order valence-corrected chi connectivity index (χ4v) is 2.94. The highest BCUT2D eigenvalue weighted by Crippen LogP contribution is 2.29. The molecule has 1 N–H and O–H groups in total. The quantitative estimate of drug-likeness (QED) is 0.678. The number of nitrogens with zero attached hydrogens (tertiary/aromatic N) is 2. The highest BCUT2D eigenvalue weighted by atomic mass is 32.1.